The van der Waals surface area contributed by atoms with Crippen molar-refractivity contribution in [1.29, 1.82) is 0 Å². The lowest BCUT2D eigenvalue weighted by Gasteiger charge is -2.28. The molecule has 100 valence electrons. The number of aliphatic hydroxyl groups is 1. The first-order valence-electron chi connectivity index (χ1n) is 6.77. The molecule has 0 spiro atoms. The SMILES string of the molecule is CCCCSCC(=O)N1CCCCCC1CO. The summed E-state index contributed by atoms with van der Waals surface area (Å²) < 4.78 is 0. The molecule has 0 saturated carbocycles. The van der Waals surface area contributed by atoms with Crippen LogP contribution in [0, 0.1) is 0 Å². The lowest BCUT2D eigenvalue weighted by molar-refractivity contribution is -0.131. The molecule has 1 amide bonds. The van der Waals surface area contributed by atoms with Gasteiger partial charge in [0.15, 0.2) is 0 Å². The lowest BCUT2D eigenvalue weighted by atomic mass is 10.1. The highest BCUT2D eigenvalue weighted by Crippen LogP contribution is 2.18. The topological polar surface area (TPSA) is 40.5 Å². The third-order valence-electron chi connectivity index (χ3n) is 3.28. The summed E-state index contributed by atoms with van der Waals surface area (Å²) in [5.41, 5.74) is 0. The van der Waals surface area contributed by atoms with Gasteiger partial charge in [-0.15, -0.1) is 0 Å². The van der Waals surface area contributed by atoms with Crippen LogP contribution in [-0.4, -0.2) is 46.6 Å². The summed E-state index contributed by atoms with van der Waals surface area (Å²) >= 11 is 1.73. The summed E-state index contributed by atoms with van der Waals surface area (Å²) in [7, 11) is 0. The van der Waals surface area contributed by atoms with Gasteiger partial charge < -0.3 is 10.0 Å². The van der Waals surface area contributed by atoms with Gasteiger partial charge in [0.1, 0.15) is 0 Å². The predicted octanol–water partition coefficient (Wildman–Crippen LogP) is 2.28. The molecule has 3 nitrogen and oxygen atoms in total. The van der Waals surface area contributed by atoms with E-state index in [0.717, 1.165) is 31.6 Å². The van der Waals surface area contributed by atoms with Crippen LogP contribution < -0.4 is 0 Å². The number of likely N-dealkylation sites (tertiary alicyclic amines) is 1. The summed E-state index contributed by atoms with van der Waals surface area (Å²) in [5.74, 6) is 1.86. The second-order valence-electron chi connectivity index (χ2n) is 4.68. The van der Waals surface area contributed by atoms with E-state index in [-0.39, 0.29) is 18.6 Å². The molecule has 0 aromatic heterocycles. The largest absolute Gasteiger partial charge is 0.394 e. The van der Waals surface area contributed by atoms with Crippen LogP contribution in [0.25, 0.3) is 0 Å². The van der Waals surface area contributed by atoms with E-state index in [4.69, 9.17) is 0 Å². The minimum Gasteiger partial charge on any atom is -0.394 e. The Kier molecular flexibility index (Phi) is 7.69. The molecule has 1 aliphatic heterocycles. The van der Waals surface area contributed by atoms with Crippen molar-refractivity contribution in [2.24, 2.45) is 0 Å². The number of nitrogens with zero attached hydrogens (tertiary/aromatic N) is 1. The van der Waals surface area contributed by atoms with Crippen molar-refractivity contribution in [2.45, 2.75) is 51.5 Å². The maximum Gasteiger partial charge on any atom is 0.232 e. The van der Waals surface area contributed by atoms with Gasteiger partial charge in [0.05, 0.1) is 18.4 Å². The normalized spacial score (nSPS) is 21.3. The number of hydrogen-bond acceptors (Lipinski definition) is 3. The van der Waals surface area contributed by atoms with Gasteiger partial charge in [-0.05, 0) is 25.0 Å². The van der Waals surface area contributed by atoms with E-state index in [1.54, 1.807) is 11.8 Å². The van der Waals surface area contributed by atoms with Gasteiger partial charge in [0.25, 0.3) is 0 Å². The molecule has 4 heteroatoms. The van der Waals surface area contributed by atoms with Crippen LogP contribution >= 0.6 is 11.8 Å². The number of amides is 1. The van der Waals surface area contributed by atoms with Crippen molar-refractivity contribution < 1.29 is 9.90 Å². The van der Waals surface area contributed by atoms with Crippen molar-refractivity contribution in [3.05, 3.63) is 0 Å². The molecule has 0 aromatic carbocycles. The Balaban J connectivity index is 2.35. The minimum absolute atomic E-state index is 0.0665. The van der Waals surface area contributed by atoms with Crippen LogP contribution in [0.4, 0.5) is 0 Å². The number of rotatable bonds is 6. The Labute approximate surface area is 109 Å². The molecular weight excluding hydrogens is 234 g/mol. The second kappa shape index (κ2) is 8.81. The van der Waals surface area contributed by atoms with Gasteiger partial charge in [-0.2, -0.15) is 11.8 Å². The summed E-state index contributed by atoms with van der Waals surface area (Å²) in [6.07, 6.45) is 6.73. The molecule has 0 aromatic rings. The highest BCUT2D eigenvalue weighted by atomic mass is 32.2. The molecular formula is C13H25NO2S. The van der Waals surface area contributed by atoms with Crippen molar-refractivity contribution in [2.75, 3.05) is 24.7 Å². The Morgan fingerprint density at radius 1 is 1.41 bits per heavy atom. The van der Waals surface area contributed by atoms with Crippen molar-refractivity contribution in [1.82, 2.24) is 4.90 Å². The Bertz CT molecular complexity index is 223. The standard InChI is InChI=1S/C13H25NO2S/c1-2-3-9-17-11-13(16)14-8-6-4-5-7-12(14)10-15/h12,15H,2-11H2,1H3. The fourth-order valence-corrected chi connectivity index (χ4v) is 3.16. The predicted molar refractivity (Wildman–Crippen MR) is 73.3 cm³/mol. The lowest BCUT2D eigenvalue weighted by Crippen LogP contribution is -2.43. The highest BCUT2D eigenvalue weighted by molar-refractivity contribution is 7.99. The van der Waals surface area contributed by atoms with Gasteiger partial charge in [-0.3, -0.25) is 4.79 Å². The molecule has 1 unspecified atom stereocenters. The van der Waals surface area contributed by atoms with Gasteiger partial charge >= 0.3 is 0 Å². The van der Waals surface area contributed by atoms with Gasteiger partial charge in [0.2, 0.25) is 5.91 Å². The molecule has 1 saturated heterocycles. The van der Waals surface area contributed by atoms with Crippen LogP contribution in [0.3, 0.4) is 0 Å². The molecule has 0 aliphatic carbocycles. The van der Waals surface area contributed by atoms with Crippen molar-refractivity contribution in [3.63, 3.8) is 0 Å². The zero-order valence-electron chi connectivity index (χ0n) is 10.9. The van der Waals surface area contributed by atoms with Crippen LogP contribution in [0.15, 0.2) is 0 Å². The van der Waals surface area contributed by atoms with Crippen molar-refractivity contribution in [3.8, 4) is 0 Å². The quantitative estimate of drug-likeness (QED) is 0.744. The van der Waals surface area contributed by atoms with Crippen LogP contribution in [0.2, 0.25) is 0 Å². The first kappa shape index (κ1) is 14.8. The smallest absolute Gasteiger partial charge is 0.232 e. The van der Waals surface area contributed by atoms with E-state index in [1.165, 1.54) is 19.3 Å². The minimum atomic E-state index is 0.0665. The molecule has 1 heterocycles. The highest BCUT2D eigenvalue weighted by Gasteiger charge is 2.24. The van der Waals surface area contributed by atoms with Gasteiger partial charge in [0, 0.05) is 6.54 Å². The first-order chi connectivity index (χ1) is 8.29. The van der Waals surface area contributed by atoms with E-state index in [9.17, 15) is 9.90 Å². The first-order valence-corrected chi connectivity index (χ1v) is 7.93. The molecule has 1 aliphatic rings. The van der Waals surface area contributed by atoms with Gasteiger partial charge in [-0.25, -0.2) is 0 Å². The number of unbranched alkanes of at least 4 members (excludes halogenated alkanes) is 1. The molecule has 0 bridgehead atoms. The summed E-state index contributed by atoms with van der Waals surface area (Å²) in [5, 5.41) is 9.34. The van der Waals surface area contributed by atoms with E-state index >= 15 is 0 Å². The van der Waals surface area contributed by atoms with Crippen molar-refractivity contribution >= 4 is 17.7 Å². The monoisotopic (exact) mass is 259 g/mol. The number of hydrogen-bond donors (Lipinski definition) is 1. The van der Waals surface area contributed by atoms with E-state index in [2.05, 4.69) is 6.92 Å². The van der Waals surface area contributed by atoms with E-state index in [1.807, 2.05) is 4.90 Å². The fourth-order valence-electron chi connectivity index (χ4n) is 2.18. The van der Waals surface area contributed by atoms with Crippen LogP contribution in [0.5, 0.6) is 0 Å². The van der Waals surface area contributed by atoms with Gasteiger partial charge in [-0.1, -0.05) is 26.2 Å². The number of aliphatic hydroxyl groups excluding tert-OH is 1. The van der Waals surface area contributed by atoms with E-state index in [0.29, 0.717) is 5.75 Å². The number of thioether (sulfide) groups is 1. The molecule has 1 rings (SSSR count). The fraction of sp³-hybridized carbons (Fsp3) is 0.923. The number of carbonyl (C=O) groups excluding carboxylic acids is 1. The Hall–Kier alpha value is -0.220. The Morgan fingerprint density at radius 3 is 2.94 bits per heavy atom. The molecule has 17 heavy (non-hydrogen) atoms. The third-order valence-corrected chi connectivity index (χ3v) is 4.30. The van der Waals surface area contributed by atoms with Crippen LogP contribution in [-0.2, 0) is 4.79 Å². The molecule has 1 N–H and O–H groups in total. The maximum atomic E-state index is 12.1. The third kappa shape index (κ3) is 5.30. The summed E-state index contributed by atoms with van der Waals surface area (Å²) in [6, 6.07) is 0.0665. The summed E-state index contributed by atoms with van der Waals surface area (Å²) in [6.45, 7) is 3.11. The molecule has 1 fully saturated rings. The molecule has 1 atom stereocenters. The van der Waals surface area contributed by atoms with E-state index < -0.39 is 0 Å². The average Bonchev–Trinajstić information content (AvgIpc) is 2.59. The molecule has 0 radical (unpaired) electrons. The summed E-state index contributed by atoms with van der Waals surface area (Å²) in [4.78, 5) is 14.0. The van der Waals surface area contributed by atoms with Crippen LogP contribution in [0.1, 0.15) is 45.4 Å². The zero-order valence-corrected chi connectivity index (χ0v) is 11.7. The Morgan fingerprint density at radius 2 is 2.24 bits per heavy atom. The number of carbonyl (C=O) groups is 1. The average molecular weight is 259 g/mol. The second-order valence-corrected chi connectivity index (χ2v) is 5.78. The maximum absolute atomic E-state index is 12.1. The zero-order chi connectivity index (χ0) is 12.5.